The second-order valence-corrected chi connectivity index (χ2v) is 5.27. The first-order valence-corrected chi connectivity index (χ1v) is 7.31. The largest absolute Gasteiger partial charge is 0.339 e. The van der Waals surface area contributed by atoms with Gasteiger partial charge < -0.3 is 9.80 Å². The maximum Gasteiger partial charge on any atom is 0.239 e. The summed E-state index contributed by atoms with van der Waals surface area (Å²) in [6.07, 6.45) is 2.35. The van der Waals surface area contributed by atoms with E-state index in [1.165, 1.54) is 6.42 Å². The summed E-state index contributed by atoms with van der Waals surface area (Å²) < 4.78 is 0. The van der Waals surface area contributed by atoms with E-state index in [0.29, 0.717) is 5.91 Å². The number of hydrogen-bond donors (Lipinski definition) is 0. The molecule has 1 aliphatic heterocycles. The average molecular weight is 255 g/mol. The van der Waals surface area contributed by atoms with E-state index < -0.39 is 0 Å². The monoisotopic (exact) mass is 255 g/mol. The van der Waals surface area contributed by atoms with Crippen LogP contribution in [0.5, 0.6) is 0 Å². The predicted molar refractivity (Wildman–Crippen MR) is 75.7 cm³/mol. The van der Waals surface area contributed by atoms with Crippen molar-refractivity contribution in [1.29, 1.82) is 0 Å². The van der Waals surface area contributed by atoms with Crippen LogP contribution in [-0.4, -0.2) is 73.0 Å². The number of rotatable bonds is 6. The van der Waals surface area contributed by atoms with Crippen LogP contribution in [0.15, 0.2) is 0 Å². The van der Waals surface area contributed by atoms with E-state index in [4.69, 9.17) is 0 Å². The summed E-state index contributed by atoms with van der Waals surface area (Å²) in [5.74, 6) is 0.296. The summed E-state index contributed by atoms with van der Waals surface area (Å²) >= 11 is 0. The van der Waals surface area contributed by atoms with Gasteiger partial charge in [-0.05, 0) is 33.5 Å². The Bertz CT molecular complexity index is 245. The van der Waals surface area contributed by atoms with Gasteiger partial charge in [-0.25, -0.2) is 0 Å². The molecule has 0 aromatic heterocycles. The Morgan fingerprint density at radius 2 is 1.83 bits per heavy atom. The Balaban J connectivity index is 2.39. The first-order valence-electron chi connectivity index (χ1n) is 7.31. The molecular weight excluding hydrogens is 226 g/mol. The van der Waals surface area contributed by atoms with E-state index in [1.54, 1.807) is 0 Å². The summed E-state index contributed by atoms with van der Waals surface area (Å²) in [6.45, 7) is 12.3. The normalized spacial score (nSPS) is 19.3. The molecule has 0 saturated carbocycles. The van der Waals surface area contributed by atoms with E-state index in [9.17, 15) is 4.79 Å². The third kappa shape index (κ3) is 4.25. The molecule has 1 atom stereocenters. The minimum atomic E-state index is 0.0183. The number of amides is 1. The fraction of sp³-hybridized carbons (Fsp3) is 0.929. The van der Waals surface area contributed by atoms with Crippen LogP contribution in [0.25, 0.3) is 0 Å². The molecule has 106 valence electrons. The number of hydrogen-bond acceptors (Lipinski definition) is 3. The summed E-state index contributed by atoms with van der Waals surface area (Å²) in [6, 6.07) is 0.0183. The maximum atomic E-state index is 12.4. The van der Waals surface area contributed by atoms with Gasteiger partial charge in [0.2, 0.25) is 5.91 Å². The van der Waals surface area contributed by atoms with Crippen LogP contribution < -0.4 is 0 Å². The number of likely N-dealkylation sites (N-methyl/N-ethyl adjacent to an activating group) is 2. The Morgan fingerprint density at radius 3 is 2.33 bits per heavy atom. The topological polar surface area (TPSA) is 26.8 Å². The van der Waals surface area contributed by atoms with Crippen LogP contribution in [0, 0.1) is 0 Å². The lowest BCUT2D eigenvalue weighted by molar-refractivity contribution is -0.137. The van der Waals surface area contributed by atoms with Gasteiger partial charge in [0.05, 0.1) is 6.04 Å². The third-order valence-corrected chi connectivity index (χ3v) is 4.01. The Hall–Kier alpha value is -0.610. The molecule has 0 aromatic rings. The number of unbranched alkanes of at least 4 members (excludes halogenated alkanes) is 1. The Kier molecular flexibility index (Phi) is 6.65. The highest BCUT2D eigenvalue weighted by molar-refractivity contribution is 5.81. The van der Waals surface area contributed by atoms with Gasteiger partial charge in [0.25, 0.3) is 0 Å². The summed E-state index contributed by atoms with van der Waals surface area (Å²) in [5, 5.41) is 0. The van der Waals surface area contributed by atoms with Crippen molar-refractivity contribution in [2.45, 2.75) is 39.7 Å². The molecule has 0 aromatic carbocycles. The van der Waals surface area contributed by atoms with Crippen LogP contribution in [0.4, 0.5) is 0 Å². The lowest BCUT2D eigenvalue weighted by Gasteiger charge is -2.37. The van der Waals surface area contributed by atoms with Crippen molar-refractivity contribution in [3.05, 3.63) is 0 Å². The summed E-state index contributed by atoms with van der Waals surface area (Å²) in [5.41, 5.74) is 0. The third-order valence-electron chi connectivity index (χ3n) is 4.01. The minimum Gasteiger partial charge on any atom is -0.339 e. The molecule has 0 radical (unpaired) electrons. The first-order chi connectivity index (χ1) is 8.60. The molecule has 1 fully saturated rings. The smallest absolute Gasteiger partial charge is 0.239 e. The van der Waals surface area contributed by atoms with Crippen molar-refractivity contribution < 1.29 is 4.79 Å². The summed E-state index contributed by atoms with van der Waals surface area (Å²) in [7, 11) is 2.06. The molecule has 1 saturated heterocycles. The first kappa shape index (κ1) is 15.4. The van der Waals surface area contributed by atoms with Crippen molar-refractivity contribution in [3.8, 4) is 0 Å². The van der Waals surface area contributed by atoms with Gasteiger partial charge in [0.15, 0.2) is 0 Å². The zero-order chi connectivity index (χ0) is 13.5. The second-order valence-electron chi connectivity index (χ2n) is 5.27. The highest BCUT2D eigenvalue weighted by Gasteiger charge is 2.26. The van der Waals surface area contributed by atoms with Crippen LogP contribution in [0.2, 0.25) is 0 Å². The maximum absolute atomic E-state index is 12.4. The van der Waals surface area contributed by atoms with Gasteiger partial charge in [-0.15, -0.1) is 0 Å². The molecule has 4 heteroatoms. The van der Waals surface area contributed by atoms with E-state index in [1.807, 2.05) is 11.8 Å². The molecule has 1 heterocycles. The van der Waals surface area contributed by atoms with Crippen LogP contribution in [0.3, 0.4) is 0 Å². The Morgan fingerprint density at radius 1 is 1.22 bits per heavy atom. The Labute approximate surface area is 112 Å². The average Bonchev–Trinajstić information content (AvgIpc) is 2.43. The van der Waals surface area contributed by atoms with E-state index >= 15 is 0 Å². The number of carbonyl (C=O) groups is 1. The molecule has 0 spiro atoms. The quantitative estimate of drug-likeness (QED) is 0.715. The van der Waals surface area contributed by atoms with Crippen LogP contribution in [-0.2, 0) is 4.79 Å². The molecule has 1 rings (SSSR count). The van der Waals surface area contributed by atoms with E-state index in [0.717, 1.165) is 45.7 Å². The van der Waals surface area contributed by atoms with Crippen molar-refractivity contribution >= 4 is 5.91 Å². The number of nitrogens with zero attached hydrogens (tertiary/aromatic N) is 3. The van der Waals surface area contributed by atoms with Crippen molar-refractivity contribution in [3.63, 3.8) is 0 Å². The molecule has 1 unspecified atom stereocenters. The van der Waals surface area contributed by atoms with E-state index in [-0.39, 0.29) is 6.04 Å². The van der Waals surface area contributed by atoms with Crippen molar-refractivity contribution in [2.75, 3.05) is 46.3 Å². The van der Waals surface area contributed by atoms with Gasteiger partial charge in [-0.3, -0.25) is 9.69 Å². The van der Waals surface area contributed by atoms with E-state index in [2.05, 4.69) is 30.7 Å². The highest BCUT2D eigenvalue weighted by atomic mass is 16.2. The lowest BCUT2D eigenvalue weighted by Crippen LogP contribution is -2.53. The molecular formula is C14H29N3O. The molecule has 1 aliphatic rings. The fourth-order valence-corrected chi connectivity index (χ4v) is 2.34. The summed E-state index contributed by atoms with van der Waals surface area (Å²) in [4.78, 5) is 19.0. The van der Waals surface area contributed by atoms with Gasteiger partial charge >= 0.3 is 0 Å². The van der Waals surface area contributed by atoms with Gasteiger partial charge in [0.1, 0.15) is 0 Å². The van der Waals surface area contributed by atoms with Gasteiger partial charge in [-0.1, -0.05) is 20.3 Å². The van der Waals surface area contributed by atoms with Crippen LogP contribution in [0.1, 0.15) is 33.6 Å². The highest BCUT2D eigenvalue weighted by Crippen LogP contribution is 2.07. The zero-order valence-corrected chi connectivity index (χ0v) is 12.5. The lowest BCUT2D eigenvalue weighted by atomic mass is 10.2. The number of piperazine rings is 1. The fourth-order valence-electron chi connectivity index (χ4n) is 2.34. The molecule has 4 nitrogen and oxygen atoms in total. The predicted octanol–water partition coefficient (Wildman–Crippen LogP) is 1.27. The molecule has 0 aliphatic carbocycles. The molecule has 0 N–H and O–H groups in total. The SMILES string of the molecule is CCCCN(C)C(C)C(=O)N1CCN(CC)CC1. The minimum absolute atomic E-state index is 0.0183. The zero-order valence-electron chi connectivity index (χ0n) is 12.5. The second kappa shape index (κ2) is 7.74. The molecule has 0 bridgehead atoms. The molecule has 18 heavy (non-hydrogen) atoms. The van der Waals surface area contributed by atoms with Crippen molar-refractivity contribution in [2.24, 2.45) is 0 Å². The van der Waals surface area contributed by atoms with Crippen LogP contribution >= 0.6 is 0 Å². The number of carbonyl (C=O) groups excluding carboxylic acids is 1. The van der Waals surface area contributed by atoms with Gasteiger partial charge in [-0.2, -0.15) is 0 Å². The van der Waals surface area contributed by atoms with Gasteiger partial charge in [0, 0.05) is 26.2 Å². The van der Waals surface area contributed by atoms with Crippen molar-refractivity contribution in [1.82, 2.24) is 14.7 Å². The molecule has 1 amide bonds. The standard InChI is InChI=1S/C14H29N3O/c1-5-7-8-15(4)13(3)14(18)17-11-9-16(6-2)10-12-17/h13H,5-12H2,1-4H3.